The summed E-state index contributed by atoms with van der Waals surface area (Å²) in [6.07, 6.45) is 0.420. The molecule has 15 nitrogen and oxygen atoms in total. The van der Waals surface area contributed by atoms with Gasteiger partial charge in [0.2, 0.25) is 29.5 Å². The third kappa shape index (κ3) is 10.7. The van der Waals surface area contributed by atoms with Gasteiger partial charge in [0.05, 0.1) is 24.1 Å². The molecule has 2 aromatic carbocycles. The van der Waals surface area contributed by atoms with Crippen molar-refractivity contribution >= 4 is 40.9 Å². The SMILES string of the molecule is CC(C)CC(NC(=O)C(C)N(C(=O)CNC(=O)CNC(=O)C(N)Cc1ccc(O)cc1)c1ccc([N+](=O)[O-])cc1)C(N)=O. The molecule has 5 amide bonds. The van der Waals surface area contributed by atoms with Crippen molar-refractivity contribution in [1.29, 1.82) is 0 Å². The van der Waals surface area contributed by atoms with E-state index in [1.807, 2.05) is 13.8 Å². The fourth-order valence-corrected chi connectivity index (χ4v) is 4.04. The Balaban J connectivity index is 2.07. The smallest absolute Gasteiger partial charge is 0.269 e. The van der Waals surface area contributed by atoms with Gasteiger partial charge in [0.15, 0.2) is 0 Å². The van der Waals surface area contributed by atoms with Gasteiger partial charge in [0.25, 0.3) is 5.69 Å². The Bertz CT molecular complexity index is 1320. The fraction of sp³-hybridized carbons (Fsp3) is 0.393. The first kappa shape index (κ1) is 34.2. The van der Waals surface area contributed by atoms with Crippen molar-refractivity contribution in [3.63, 3.8) is 0 Å². The van der Waals surface area contributed by atoms with Crippen LogP contribution in [0.3, 0.4) is 0 Å². The number of phenols is 1. The van der Waals surface area contributed by atoms with E-state index in [0.717, 1.165) is 17.0 Å². The molecular formula is C28H37N7O8. The molecule has 2 aromatic rings. The van der Waals surface area contributed by atoms with E-state index in [1.165, 1.54) is 31.2 Å². The minimum atomic E-state index is -1.21. The first-order valence-electron chi connectivity index (χ1n) is 13.4. The maximum absolute atomic E-state index is 13.3. The molecule has 0 aliphatic carbocycles. The first-order valence-corrected chi connectivity index (χ1v) is 13.4. The van der Waals surface area contributed by atoms with E-state index in [0.29, 0.717) is 5.56 Å². The number of amides is 5. The number of carbonyl (C=O) groups is 5. The van der Waals surface area contributed by atoms with Gasteiger partial charge < -0.3 is 32.5 Å². The van der Waals surface area contributed by atoms with Crippen LogP contribution < -0.4 is 32.3 Å². The summed E-state index contributed by atoms with van der Waals surface area (Å²) in [6, 6.07) is 7.80. The van der Waals surface area contributed by atoms with Gasteiger partial charge in [-0.05, 0) is 55.5 Å². The molecule has 3 unspecified atom stereocenters. The fourth-order valence-electron chi connectivity index (χ4n) is 4.04. The van der Waals surface area contributed by atoms with Crippen LogP contribution in [-0.2, 0) is 30.4 Å². The van der Waals surface area contributed by atoms with Crippen molar-refractivity contribution < 1.29 is 34.0 Å². The molecule has 0 radical (unpaired) electrons. The molecule has 0 saturated carbocycles. The van der Waals surface area contributed by atoms with E-state index >= 15 is 0 Å². The number of carbonyl (C=O) groups excluding carboxylic acids is 5. The van der Waals surface area contributed by atoms with Crippen molar-refractivity contribution in [2.75, 3.05) is 18.0 Å². The quantitative estimate of drug-likeness (QED) is 0.118. The van der Waals surface area contributed by atoms with Crippen LogP contribution in [0.25, 0.3) is 0 Å². The van der Waals surface area contributed by atoms with Crippen LogP contribution in [0.1, 0.15) is 32.8 Å². The average Bonchev–Trinajstić information content (AvgIpc) is 2.95. The van der Waals surface area contributed by atoms with Crippen LogP contribution in [0.15, 0.2) is 48.5 Å². The second kappa shape index (κ2) is 15.8. The number of phenolic OH excluding ortho intramolecular Hbond substituents is 1. The molecule has 0 saturated heterocycles. The number of nitro benzene ring substituents is 1. The number of nitro groups is 1. The number of nitrogens with zero attached hydrogens (tertiary/aromatic N) is 2. The number of aromatic hydroxyl groups is 1. The van der Waals surface area contributed by atoms with Gasteiger partial charge >= 0.3 is 0 Å². The molecule has 0 spiro atoms. The molecular weight excluding hydrogens is 562 g/mol. The monoisotopic (exact) mass is 599 g/mol. The highest BCUT2D eigenvalue weighted by molar-refractivity contribution is 6.03. The average molecular weight is 600 g/mol. The summed E-state index contributed by atoms with van der Waals surface area (Å²) in [5.74, 6) is -3.45. The van der Waals surface area contributed by atoms with Crippen molar-refractivity contribution in [1.82, 2.24) is 16.0 Å². The Hall–Kier alpha value is -5.05. The normalized spacial score (nSPS) is 12.9. The van der Waals surface area contributed by atoms with E-state index in [2.05, 4.69) is 16.0 Å². The number of benzene rings is 2. The zero-order valence-corrected chi connectivity index (χ0v) is 24.1. The molecule has 8 N–H and O–H groups in total. The Kier molecular flexibility index (Phi) is 12.6. The third-order valence-electron chi connectivity index (χ3n) is 6.33. The molecule has 0 aliphatic rings. The highest BCUT2D eigenvalue weighted by atomic mass is 16.6. The molecule has 2 rings (SSSR count). The van der Waals surface area contributed by atoms with E-state index in [-0.39, 0.29) is 35.9 Å². The minimum absolute atomic E-state index is 0.0265. The maximum atomic E-state index is 13.3. The summed E-state index contributed by atoms with van der Waals surface area (Å²) in [5.41, 5.74) is 11.9. The maximum Gasteiger partial charge on any atom is 0.269 e. The van der Waals surface area contributed by atoms with E-state index in [1.54, 1.807) is 12.1 Å². The Morgan fingerprint density at radius 1 is 0.930 bits per heavy atom. The Morgan fingerprint density at radius 2 is 1.53 bits per heavy atom. The van der Waals surface area contributed by atoms with Gasteiger partial charge in [-0.2, -0.15) is 0 Å². The molecule has 43 heavy (non-hydrogen) atoms. The van der Waals surface area contributed by atoms with Crippen LogP contribution in [0.2, 0.25) is 0 Å². The predicted molar refractivity (Wildman–Crippen MR) is 156 cm³/mol. The van der Waals surface area contributed by atoms with E-state index < -0.39 is 65.7 Å². The summed E-state index contributed by atoms with van der Waals surface area (Å²) in [5, 5.41) is 27.7. The van der Waals surface area contributed by atoms with Crippen molar-refractivity contribution in [2.24, 2.45) is 17.4 Å². The van der Waals surface area contributed by atoms with Crippen LogP contribution in [-0.4, -0.2) is 70.8 Å². The first-order chi connectivity index (χ1) is 20.2. The van der Waals surface area contributed by atoms with Crippen LogP contribution in [0.5, 0.6) is 5.75 Å². The van der Waals surface area contributed by atoms with E-state index in [9.17, 15) is 39.2 Å². The number of non-ortho nitro benzene ring substituents is 1. The summed E-state index contributed by atoms with van der Waals surface area (Å²) >= 11 is 0. The molecule has 0 heterocycles. The molecule has 0 aliphatic heterocycles. The van der Waals surface area contributed by atoms with Gasteiger partial charge in [-0.1, -0.05) is 26.0 Å². The van der Waals surface area contributed by atoms with Gasteiger partial charge in [0.1, 0.15) is 17.8 Å². The second-order valence-electron chi connectivity index (χ2n) is 10.3. The highest BCUT2D eigenvalue weighted by Gasteiger charge is 2.30. The number of primary amides is 1. The number of nitrogens with two attached hydrogens (primary N) is 2. The van der Waals surface area contributed by atoms with Gasteiger partial charge in [-0.3, -0.25) is 39.0 Å². The zero-order chi connectivity index (χ0) is 32.3. The topological polar surface area (TPSA) is 240 Å². The third-order valence-corrected chi connectivity index (χ3v) is 6.33. The number of rotatable bonds is 15. The largest absolute Gasteiger partial charge is 0.508 e. The molecule has 0 fully saturated rings. The van der Waals surface area contributed by atoms with Gasteiger partial charge in [-0.15, -0.1) is 0 Å². The standard InChI is InChI=1S/C28H37N7O8/c1-16(2)12-23(26(30)39)33-27(40)17(3)34(19-6-8-20(9-7-19)35(42)43)25(38)15-31-24(37)14-32-28(41)22(29)13-18-4-10-21(36)11-5-18/h4-11,16-17,22-23,36H,12-15,29H2,1-3H3,(H2,30,39)(H,31,37)(H,32,41)(H,33,40). The predicted octanol–water partition coefficient (Wildman–Crippen LogP) is -0.159. The number of nitrogens with one attached hydrogen (secondary N) is 3. The van der Waals surface area contributed by atoms with Crippen molar-refractivity contribution in [3.8, 4) is 5.75 Å². The molecule has 0 bridgehead atoms. The highest BCUT2D eigenvalue weighted by Crippen LogP contribution is 2.22. The molecule has 232 valence electrons. The van der Waals surface area contributed by atoms with Crippen molar-refractivity contribution in [2.45, 2.75) is 51.7 Å². The van der Waals surface area contributed by atoms with Crippen LogP contribution in [0.4, 0.5) is 11.4 Å². The molecule has 3 atom stereocenters. The van der Waals surface area contributed by atoms with Crippen molar-refractivity contribution in [3.05, 3.63) is 64.2 Å². The lowest BCUT2D eigenvalue weighted by Gasteiger charge is -2.30. The zero-order valence-electron chi connectivity index (χ0n) is 24.1. The van der Waals surface area contributed by atoms with Gasteiger partial charge in [0, 0.05) is 17.8 Å². The lowest BCUT2D eigenvalue weighted by Crippen LogP contribution is -2.55. The lowest BCUT2D eigenvalue weighted by molar-refractivity contribution is -0.384. The summed E-state index contributed by atoms with van der Waals surface area (Å²) in [4.78, 5) is 74.4. The summed E-state index contributed by atoms with van der Waals surface area (Å²) in [7, 11) is 0. The summed E-state index contributed by atoms with van der Waals surface area (Å²) < 4.78 is 0. The lowest BCUT2D eigenvalue weighted by atomic mass is 10.0. The van der Waals surface area contributed by atoms with Gasteiger partial charge in [-0.25, -0.2) is 0 Å². The molecule has 15 heteroatoms. The minimum Gasteiger partial charge on any atom is -0.508 e. The molecule has 0 aromatic heterocycles. The van der Waals surface area contributed by atoms with E-state index in [4.69, 9.17) is 11.5 Å². The Labute approximate surface area is 248 Å². The summed E-state index contributed by atoms with van der Waals surface area (Å²) in [6.45, 7) is 3.99. The number of anilines is 1. The van der Waals surface area contributed by atoms with Crippen LogP contribution in [0, 0.1) is 16.0 Å². The van der Waals surface area contributed by atoms with Crippen LogP contribution >= 0.6 is 0 Å². The number of hydrogen-bond donors (Lipinski definition) is 6. The number of hydrogen-bond acceptors (Lipinski definition) is 9. The second-order valence-corrected chi connectivity index (χ2v) is 10.3. The Morgan fingerprint density at radius 3 is 2.07 bits per heavy atom.